The lowest BCUT2D eigenvalue weighted by atomic mass is 10.1. The van der Waals surface area contributed by atoms with E-state index in [4.69, 9.17) is 4.74 Å². The van der Waals surface area contributed by atoms with Crippen LogP contribution < -0.4 is 4.74 Å². The summed E-state index contributed by atoms with van der Waals surface area (Å²) >= 11 is 1.52. The summed E-state index contributed by atoms with van der Waals surface area (Å²) in [6.45, 7) is 3.35. The van der Waals surface area contributed by atoms with Crippen LogP contribution in [0.1, 0.15) is 13.8 Å². The number of ether oxygens (including phenoxy) is 2. The van der Waals surface area contributed by atoms with Crippen molar-refractivity contribution in [2.45, 2.75) is 19.4 Å². The number of carbonyl (C=O) groups is 1. The summed E-state index contributed by atoms with van der Waals surface area (Å²) in [5, 5.41) is 3.73. The Balaban J connectivity index is 2.67. The maximum atomic E-state index is 11.2. The van der Waals surface area contributed by atoms with Crippen LogP contribution in [0.3, 0.4) is 0 Å². The van der Waals surface area contributed by atoms with Gasteiger partial charge in [-0.1, -0.05) is 0 Å². The molecule has 0 saturated carbocycles. The van der Waals surface area contributed by atoms with Gasteiger partial charge in [0.25, 0.3) is 0 Å². The van der Waals surface area contributed by atoms with Crippen LogP contribution >= 0.6 is 11.3 Å². The molecule has 0 unspecified atom stereocenters. The van der Waals surface area contributed by atoms with Crippen molar-refractivity contribution in [2.75, 3.05) is 7.11 Å². The Morgan fingerprint density at radius 2 is 2.23 bits per heavy atom. The van der Waals surface area contributed by atoms with Gasteiger partial charge in [-0.2, -0.15) is 0 Å². The maximum Gasteiger partial charge on any atom is 0.349 e. The summed E-state index contributed by atoms with van der Waals surface area (Å²) < 4.78 is 10.0. The van der Waals surface area contributed by atoms with E-state index in [0.717, 1.165) is 0 Å². The Bertz CT molecular complexity index is 277. The van der Waals surface area contributed by atoms with Gasteiger partial charge in [-0.15, -0.1) is 11.3 Å². The highest BCUT2D eigenvalue weighted by Gasteiger charge is 2.30. The van der Waals surface area contributed by atoms with Crippen molar-refractivity contribution in [3.05, 3.63) is 16.8 Å². The first kappa shape index (κ1) is 10.1. The van der Waals surface area contributed by atoms with Gasteiger partial charge < -0.3 is 9.47 Å². The van der Waals surface area contributed by atoms with E-state index < -0.39 is 5.60 Å². The zero-order chi connectivity index (χ0) is 9.90. The van der Waals surface area contributed by atoms with E-state index in [1.165, 1.54) is 18.4 Å². The molecule has 0 bridgehead atoms. The summed E-state index contributed by atoms with van der Waals surface area (Å²) in [5.74, 6) is 0.319. The predicted octanol–water partition coefficient (Wildman–Crippen LogP) is 2.08. The molecule has 0 N–H and O–H groups in total. The van der Waals surface area contributed by atoms with E-state index in [0.29, 0.717) is 5.75 Å². The quantitative estimate of drug-likeness (QED) is 0.701. The van der Waals surface area contributed by atoms with Gasteiger partial charge in [-0.05, 0) is 25.3 Å². The first-order chi connectivity index (χ1) is 6.06. The fourth-order valence-electron chi connectivity index (χ4n) is 0.892. The number of carbonyl (C=O) groups excluding carboxylic acids is 1. The van der Waals surface area contributed by atoms with Gasteiger partial charge >= 0.3 is 5.97 Å². The molecule has 0 aliphatic heterocycles. The molecule has 13 heavy (non-hydrogen) atoms. The molecular weight excluding hydrogens is 188 g/mol. The standard InChI is InChI=1S/C9H12O3S/c1-9(2,8(10)11-3)12-7-4-5-13-6-7/h4-6H,1-3H3. The van der Waals surface area contributed by atoms with E-state index in [1.54, 1.807) is 13.8 Å². The lowest BCUT2D eigenvalue weighted by molar-refractivity contribution is -0.156. The van der Waals surface area contributed by atoms with Crippen LogP contribution in [0.4, 0.5) is 0 Å². The molecule has 0 aliphatic carbocycles. The number of rotatable bonds is 3. The second-order valence-corrected chi connectivity index (χ2v) is 3.84. The van der Waals surface area contributed by atoms with Crippen molar-refractivity contribution in [3.63, 3.8) is 0 Å². The normalized spacial score (nSPS) is 11.0. The SMILES string of the molecule is COC(=O)C(C)(C)Oc1ccsc1. The summed E-state index contributed by atoms with van der Waals surface area (Å²) in [6, 6.07) is 1.81. The van der Waals surface area contributed by atoms with Crippen LogP contribution in [-0.4, -0.2) is 18.7 Å². The largest absolute Gasteiger partial charge is 0.475 e. The van der Waals surface area contributed by atoms with Gasteiger partial charge in [0.15, 0.2) is 5.60 Å². The van der Waals surface area contributed by atoms with E-state index >= 15 is 0 Å². The third-order valence-corrected chi connectivity index (χ3v) is 2.21. The molecule has 4 heteroatoms. The van der Waals surface area contributed by atoms with Crippen LogP contribution in [0.2, 0.25) is 0 Å². The Labute approximate surface area is 81.3 Å². The molecule has 0 atom stereocenters. The fourth-order valence-corrected chi connectivity index (χ4v) is 1.44. The van der Waals surface area contributed by atoms with Gasteiger partial charge in [-0.3, -0.25) is 0 Å². The average molecular weight is 200 g/mol. The minimum atomic E-state index is -0.921. The van der Waals surface area contributed by atoms with Gasteiger partial charge in [0.05, 0.1) is 7.11 Å². The predicted molar refractivity (Wildman–Crippen MR) is 51.0 cm³/mol. The van der Waals surface area contributed by atoms with Crippen LogP contribution in [0.15, 0.2) is 16.8 Å². The van der Waals surface area contributed by atoms with Crippen molar-refractivity contribution in [2.24, 2.45) is 0 Å². The van der Waals surface area contributed by atoms with Crippen molar-refractivity contribution < 1.29 is 14.3 Å². The Morgan fingerprint density at radius 3 is 2.69 bits per heavy atom. The number of hydrogen-bond acceptors (Lipinski definition) is 4. The van der Waals surface area contributed by atoms with Crippen LogP contribution in [-0.2, 0) is 9.53 Å². The molecule has 1 rings (SSSR count). The molecule has 0 saturated heterocycles. The van der Waals surface area contributed by atoms with Crippen LogP contribution in [0.5, 0.6) is 5.75 Å². The zero-order valence-electron chi connectivity index (χ0n) is 7.87. The second-order valence-electron chi connectivity index (χ2n) is 3.06. The molecule has 72 valence electrons. The van der Waals surface area contributed by atoms with Gasteiger partial charge in [0.2, 0.25) is 0 Å². The van der Waals surface area contributed by atoms with Gasteiger partial charge in [-0.25, -0.2) is 4.79 Å². The second kappa shape index (κ2) is 3.79. The van der Waals surface area contributed by atoms with E-state index in [2.05, 4.69) is 4.74 Å². The molecule has 1 aromatic rings. The fraction of sp³-hybridized carbons (Fsp3) is 0.444. The van der Waals surface area contributed by atoms with Crippen LogP contribution in [0.25, 0.3) is 0 Å². The van der Waals surface area contributed by atoms with Crippen molar-refractivity contribution >= 4 is 17.3 Å². The zero-order valence-corrected chi connectivity index (χ0v) is 8.68. The van der Waals surface area contributed by atoms with Gasteiger partial charge in [0, 0.05) is 5.38 Å². The molecule has 1 heterocycles. The first-order valence-corrected chi connectivity index (χ1v) is 4.80. The van der Waals surface area contributed by atoms with Crippen molar-refractivity contribution in [3.8, 4) is 5.75 Å². The molecule has 0 aliphatic rings. The Hall–Kier alpha value is -1.03. The summed E-state index contributed by atoms with van der Waals surface area (Å²) in [7, 11) is 1.35. The molecular formula is C9H12O3S. The number of thiophene rings is 1. The third-order valence-electron chi connectivity index (χ3n) is 1.55. The van der Waals surface area contributed by atoms with Gasteiger partial charge in [0.1, 0.15) is 5.75 Å². The molecule has 0 spiro atoms. The molecule has 0 amide bonds. The Morgan fingerprint density at radius 1 is 1.54 bits per heavy atom. The molecule has 1 aromatic heterocycles. The molecule has 0 radical (unpaired) electrons. The van der Waals surface area contributed by atoms with Crippen LogP contribution in [0, 0.1) is 0 Å². The minimum Gasteiger partial charge on any atom is -0.475 e. The van der Waals surface area contributed by atoms with E-state index in [1.807, 2.05) is 16.8 Å². The highest BCUT2D eigenvalue weighted by Crippen LogP contribution is 2.21. The average Bonchev–Trinajstić information content (AvgIpc) is 2.54. The highest BCUT2D eigenvalue weighted by molar-refractivity contribution is 7.08. The monoisotopic (exact) mass is 200 g/mol. The lowest BCUT2D eigenvalue weighted by Crippen LogP contribution is -2.38. The number of esters is 1. The molecule has 3 nitrogen and oxygen atoms in total. The Kier molecular flexibility index (Phi) is 2.93. The smallest absolute Gasteiger partial charge is 0.349 e. The molecule has 0 fully saturated rings. The molecule has 0 aromatic carbocycles. The summed E-state index contributed by atoms with van der Waals surface area (Å²) in [5.41, 5.74) is -0.921. The summed E-state index contributed by atoms with van der Waals surface area (Å²) in [4.78, 5) is 11.2. The lowest BCUT2D eigenvalue weighted by Gasteiger charge is -2.22. The minimum absolute atomic E-state index is 0.376. The maximum absolute atomic E-state index is 11.2. The van der Waals surface area contributed by atoms with E-state index in [9.17, 15) is 4.79 Å². The van der Waals surface area contributed by atoms with Crippen molar-refractivity contribution in [1.29, 1.82) is 0 Å². The van der Waals surface area contributed by atoms with Crippen molar-refractivity contribution in [1.82, 2.24) is 0 Å². The third kappa shape index (κ3) is 2.45. The van der Waals surface area contributed by atoms with E-state index in [-0.39, 0.29) is 5.97 Å². The number of hydrogen-bond donors (Lipinski definition) is 0. The summed E-state index contributed by atoms with van der Waals surface area (Å²) in [6.07, 6.45) is 0. The number of methoxy groups -OCH3 is 1. The first-order valence-electron chi connectivity index (χ1n) is 3.86. The topological polar surface area (TPSA) is 35.5 Å². The highest BCUT2D eigenvalue weighted by atomic mass is 32.1.